The zero-order valence-corrected chi connectivity index (χ0v) is 11.5. The Bertz CT molecular complexity index is 684. The molecule has 1 aliphatic rings. The molecular formula is C17H16FNO2. The Kier molecular flexibility index (Phi) is 3.71. The Morgan fingerprint density at radius 3 is 2.76 bits per heavy atom. The Morgan fingerprint density at radius 1 is 1.14 bits per heavy atom. The van der Waals surface area contributed by atoms with Crippen molar-refractivity contribution in [2.45, 2.75) is 18.9 Å². The summed E-state index contributed by atoms with van der Waals surface area (Å²) in [7, 11) is 0. The van der Waals surface area contributed by atoms with E-state index in [2.05, 4.69) is 5.32 Å². The normalized spacial score (nSPS) is 15.8. The van der Waals surface area contributed by atoms with Crippen molar-refractivity contribution >= 4 is 5.91 Å². The van der Waals surface area contributed by atoms with Crippen LogP contribution >= 0.6 is 0 Å². The van der Waals surface area contributed by atoms with Gasteiger partial charge in [-0.25, -0.2) is 4.39 Å². The number of aliphatic hydroxyl groups is 1. The lowest BCUT2D eigenvalue weighted by molar-refractivity contribution is 0.0956. The van der Waals surface area contributed by atoms with Crippen molar-refractivity contribution < 1.29 is 14.3 Å². The summed E-state index contributed by atoms with van der Waals surface area (Å²) in [5, 5.41) is 13.2. The number of amides is 1. The number of rotatable bonds is 2. The molecule has 0 fully saturated rings. The molecule has 0 saturated carbocycles. The fourth-order valence-corrected chi connectivity index (χ4v) is 2.64. The molecule has 0 radical (unpaired) electrons. The molecule has 0 bridgehead atoms. The number of halogens is 1. The van der Waals surface area contributed by atoms with Crippen LogP contribution in [-0.4, -0.2) is 17.6 Å². The molecule has 1 atom stereocenters. The molecule has 2 aromatic carbocycles. The number of aryl methyl sites for hydroxylation is 1. The SMILES string of the molecule is O=C1NCCCc2ccc(C(O)c3cccc(F)c3)cc21. The summed E-state index contributed by atoms with van der Waals surface area (Å²) >= 11 is 0. The molecule has 1 aliphatic heterocycles. The number of carbonyl (C=O) groups excluding carboxylic acids is 1. The maximum atomic E-state index is 13.3. The topological polar surface area (TPSA) is 49.3 Å². The third-order valence-corrected chi connectivity index (χ3v) is 3.77. The Labute approximate surface area is 122 Å². The first kappa shape index (κ1) is 13.8. The quantitative estimate of drug-likeness (QED) is 0.891. The molecule has 21 heavy (non-hydrogen) atoms. The van der Waals surface area contributed by atoms with Crippen molar-refractivity contribution in [2.24, 2.45) is 0 Å². The maximum Gasteiger partial charge on any atom is 0.251 e. The highest BCUT2D eigenvalue weighted by Gasteiger charge is 2.18. The van der Waals surface area contributed by atoms with Gasteiger partial charge in [0.25, 0.3) is 5.91 Å². The minimum Gasteiger partial charge on any atom is -0.384 e. The second-order valence-corrected chi connectivity index (χ2v) is 5.23. The molecule has 0 saturated heterocycles. The highest BCUT2D eigenvalue weighted by molar-refractivity contribution is 5.96. The maximum absolute atomic E-state index is 13.3. The van der Waals surface area contributed by atoms with Crippen molar-refractivity contribution in [1.29, 1.82) is 0 Å². The van der Waals surface area contributed by atoms with Crippen LogP contribution in [0, 0.1) is 5.82 Å². The number of carbonyl (C=O) groups is 1. The molecule has 4 heteroatoms. The van der Waals surface area contributed by atoms with Crippen LogP contribution in [0.4, 0.5) is 4.39 Å². The first-order chi connectivity index (χ1) is 10.1. The van der Waals surface area contributed by atoms with Crippen LogP contribution in [0.25, 0.3) is 0 Å². The lowest BCUT2D eigenvalue weighted by Gasteiger charge is -2.14. The highest BCUT2D eigenvalue weighted by atomic mass is 19.1. The van der Waals surface area contributed by atoms with Gasteiger partial charge in [-0.1, -0.05) is 24.3 Å². The first-order valence-electron chi connectivity index (χ1n) is 7.00. The van der Waals surface area contributed by atoms with Crippen molar-refractivity contribution in [1.82, 2.24) is 5.32 Å². The fourth-order valence-electron chi connectivity index (χ4n) is 2.64. The summed E-state index contributed by atoms with van der Waals surface area (Å²) in [6.45, 7) is 0.662. The van der Waals surface area contributed by atoms with E-state index < -0.39 is 6.10 Å². The van der Waals surface area contributed by atoms with Gasteiger partial charge in [0.05, 0.1) is 0 Å². The van der Waals surface area contributed by atoms with Crippen LogP contribution < -0.4 is 5.32 Å². The van der Waals surface area contributed by atoms with E-state index >= 15 is 0 Å². The number of aliphatic hydroxyl groups excluding tert-OH is 1. The van der Waals surface area contributed by atoms with Gasteiger partial charge in [0.2, 0.25) is 0 Å². The summed E-state index contributed by atoms with van der Waals surface area (Å²) in [6, 6.07) is 11.2. The number of benzene rings is 2. The molecule has 0 aromatic heterocycles. The number of hydrogen-bond donors (Lipinski definition) is 2. The fraction of sp³-hybridized carbons (Fsp3) is 0.235. The third-order valence-electron chi connectivity index (χ3n) is 3.77. The predicted molar refractivity (Wildman–Crippen MR) is 77.6 cm³/mol. The van der Waals surface area contributed by atoms with Gasteiger partial charge >= 0.3 is 0 Å². The van der Waals surface area contributed by atoms with Crippen LogP contribution in [0.1, 0.15) is 39.6 Å². The van der Waals surface area contributed by atoms with Crippen LogP contribution in [0.15, 0.2) is 42.5 Å². The van der Waals surface area contributed by atoms with E-state index in [-0.39, 0.29) is 11.7 Å². The summed E-state index contributed by atoms with van der Waals surface area (Å²) in [6.07, 6.45) is 0.802. The average Bonchev–Trinajstić information content (AvgIpc) is 2.68. The number of fused-ring (bicyclic) bond motifs is 1. The Hall–Kier alpha value is -2.20. The molecule has 108 valence electrons. The van der Waals surface area contributed by atoms with Crippen LogP contribution in [0.5, 0.6) is 0 Å². The van der Waals surface area contributed by atoms with Gasteiger partial charge in [-0.3, -0.25) is 4.79 Å². The number of hydrogen-bond acceptors (Lipinski definition) is 2. The molecule has 1 heterocycles. The lowest BCUT2D eigenvalue weighted by Crippen LogP contribution is -2.22. The summed E-state index contributed by atoms with van der Waals surface area (Å²) in [4.78, 5) is 12.0. The third kappa shape index (κ3) is 2.81. The van der Waals surface area contributed by atoms with E-state index in [4.69, 9.17) is 0 Å². The van der Waals surface area contributed by atoms with E-state index in [1.54, 1.807) is 24.3 Å². The minimum atomic E-state index is -0.943. The zero-order chi connectivity index (χ0) is 14.8. The van der Waals surface area contributed by atoms with E-state index in [0.717, 1.165) is 18.4 Å². The van der Waals surface area contributed by atoms with E-state index in [9.17, 15) is 14.3 Å². The van der Waals surface area contributed by atoms with Crippen molar-refractivity contribution in [3.63, 3.8) is 0 Å². The molecule has 0 aliphatic carbocycles. The largest absolute Gasteiger partial charge is 0.384 e. The van der Waals surface area contributed by atoms with Gasteiger partial charge in [0, 0.05) is 12.1 Å². The Morgan fingerprint density at radius 2 is 1.95 bits per heavy atom. The van der Waals surface area contributed by atoms with E-state index in [0.29, 0.717) is 23.2 Å². The summed E-state index contributed by atoms with van der Waals surface area (Å²) in [5.41, 5.74) is 2.65. The van der Waals surface area contributed by atoms with Gasteiger partial charge in [0.15, 0.2) is 0 Å². The van der Waals surface area contributed by atoms with Gasteiger partial charge in [-0.05, 0) is 47.7 Å². The van der Waals surface area contributed by atoms with Gasteiger partial charge in [-0.2, -0.15) is 0 Å². The molecule has 0 spiro atoms. The first-order valence-corrected chi connectivity index (χ1v) is 7.00. The van der Waals surface area contributed by atoms with Crippen molar-refractivity contribution in [3.8, 4) is 0 Å². The lowest BCUT2D eigenvalue weighted by atomic mass is 9.95. The second kappa shape index (κ2) is 5.66. The standard InChI is InChI=1S/C17H16FNO2/c18-14-5-1-3-12(9-14)16(20)13-7-6-11-4-2-8-19-17(21)15(11)10-13/h1,3,5-7,9-10,16,20H,2,4,8H2,(H,19,21). The molecule has 3 nitrogen and oxygen atoms in total. The second-order valence-electron chi connectivity index (χ2n) is 5.23. The molecule has 3 rings (SSSR count). The van der Waals surface area contributed by atoms with Gasteiger partial charge < -0.3 is 10.4 Å². The van der Waals surface area contributed by atoms with E-state index in [1.165, 1.54) is 12.1 Å². The number of nitrogens with one attached hydrogen (secondary N) is 1. The minimum absolute atomic E-state index is 0.115. The molecule has 1 amide bonds. The van der Waals surface area contributed by atoms with Crippen LogP contribution in [-0.2, 0) is 6.42 Å². The molecular weight excluding hydrogens is 269 g/mol. The van der Waals surface area contributed by atoms with E-state index in [1.807, 2.05) is 6.07 Å². The average molecular weight is 285 g/mol. The Balaban J connectivity index is 1.98. The van der Waals surface area contributed by atoms with Gasteiger partial charge in [0.1, 0.15) is 11.9 Å². The summed E-state index contributed by atoms with van der Waals surface area (Å²) < 4.78 is 13.3. The van der Waals surface area contributed by atoms with Crippen LogP contribution in [0.3, 0.4) is 0 Å². The highest BCUT2D eigenvalue weighted by Crippen LogP contribution is 2.25. The van der Waals surface area contributed by atoms with Gasteiger partial charge in [-0.15, -0.1) is 0 Å². The summed E-state index contributed by atoms with van der Waals surface area (Å²) in [5.74, 6) is -0.505. The predicted octanol–water partition coefficient (Wildman–Crippen LogP) is 2.58. The molecule has 2 aromatic rings. The monoisotopic (exact) mass is 285 g/mol. The molecule has 1 unspecified atom stereocenters. The van der Waals surface area contributed by atoms with Crippen LogP contribution in [0.2, 0.25) is 0 Å². The smallest absolute Gasteiger partial charge is 0.251 e. The van der Waals surface area contributed by atoms with Crippen molar-refractivity contribution in [3.05, 3.63) is 70.5 Å². The zero-order valence-electron chi connectivity index (χ0n) is 11.5. The molecule has 2 N–H and O–H groups in total. The van der Waals surface area contributed by atoms with Crippen molar-refractivity contribution in [2.75, 3.05) is 6.54 Å².